The van der Waals surface area contributed by atoms with Gasteiger partial charge in [-0.2, -0.15) is 8.78 Å². The molecule has 88 valence electrons. The van der Waals surface area contributed by atoms with Gasteiger partial charge in [-0.3, -0.25) is 0 Å². The summed E-state index contributed by atoms with van der Waals surface area (Å²) in [5.74, 6) is -9.30. The van der Waals surface area contributed by atoms with E-state index in [-0.39, 0.29) is 4.47 Å². The van der Waals surface area contributed by atoms with Gasteiger partial charge in [-0.1, -0.05) is 6.07 Å². The van der Waals surface area contributed by atoms with Crippen LogP contribution in [0.4, 0.5) is 17.6 Å². The summed E-state index contributed by atoms with van der Waals surface area (Å²) in [4.78, 5) is 10.1. The fourth-order valence-electron chi connectivity index (χ4n) is 1.02. The lowest BCUT2D eigenvalue weighted by atomic mass is 10.1. The van der Waals surface area contributed by atoms with Crippen LogP contribution in [0.3, 0.4) is 0 Å². The number of carbonyl (C=O) groups is 1. The Morgan fingerprint density at radius 1 is 1.31 bits per heavy atom. The number of benzene rings is 1. The molecule has 0 heterocycles. The monoisotopic (exact) mass is 300 g/mol. The first-order valence-corrected chi connectivity index (χ1v) is 4.78. The van der Waals surface area contributed by atoms with Crippen LogP contribution in [-0.4, -0.2) is 17.0 Å². The van der Waals surface area contributed by atoms with Crippen molar-refractivity contribution in [3.05, 3.63) is 33.8 Å². The number of carboxylic acids is 1. The first-order chi connectivity index (χ1) is 7.25. The maximum atomic E-state index is 13.1. The minimum Gasteiger partial charge on any atom is -0.477 e. The van der Waals surface area contributed by atoms with Gasteiger partial charge in [0.2, 0.25) is 0 Å². The average Bonchev–Trinajstić information content (AvgIpc) is 2.19. The van der Waals surface area contributed by atoms with Gasteiger partial charge in [0, 0.05) is 0 Å². The standard InChI is InChI=1S/C9H5BrF4O2/c10-5-2-1-4(6(11)7(5)12)3-9(13,14)8(15)16/h1-2H,3H2,(H,15,16). The second kappa shape index (κ2) is 4.40. The highest BCUT2D eigenvalue weighted by atomic mass is 79.9. The molecule has 0 saturated carbocycles. The van der Waals surface area contributed by atoms with E-state index in [0.717, 1.165) is 12.1 Å². The van der Waals surface area contributed by atoms with Crippen LogP contribution in [0, 0.1) is 11.6 Å². The van der Waals surface area contributed by atoms with Gasteiger partial charge in [-0.25, -0.2) is 13.6 Å². The fraction of sp³-hybridized carbons (Fsp3) is 0.222. The summed E-state index contributed by atoms with van der Waals surface area (Å²) < 4.78 is 51.4. The molecule has 0 aromatic heterocycles. The second-order valence-corrected chi connectivity index (χ2v) is 3.88. The normalized spacial score (nSPS) is 11.6. The summed E-state index contributed by atoms with van der Waals surface area (Å²) in [5, 5.41) is 8.14. The van der Waals surface area contributed by atoms with E-state index in [1.165, 1.54) is 0 Å². The molecule has 1 aromatic carbocycles. The first kappa shape index (κ1) is 13.0. The quantitative estimate of drug-likeness (QED) is 0.688. The van der Waals surface area contributed by atoms with Crippen molar-refractivity contribution in [1.29, 1.82) is 0 Å². The zero-order chi connectivity index (χ0) is 12.5. The average molecular weight is 301 g/mol. The number of halogens is 5. The molecule has 0 fully saturated rings. The molecule has 0 bridgehead atoms. The molecule has 0 spiro atoms. The van der Waals surface area contributed by atoms with Crippen molar-refractivity contribution in [3.8, 4) is 0 Å². The van der Waals surface area contributed by atoms with Crippen molar-refractivity contribution >= 4 is 21.9 Å². The lowest BCUT2D eigenvalue weighted by Crippen LogP contribution is -2.31. The SMILES string of the molecule is O=C(O)C(F)(F)Cc1ccc(Br)c(F)c1F. The van der Waals surface area contributed by atoms with E-state index >= 15 is 0 Å². The number of carboxylic acid groups (broad SMARTS) is 1. The number of hydrogen-bond acceptors (Lipinski definition) is 1. The molecule has 1 aromatic rings. The predicted octanol–water partition coefficient (Wildman–Crippen LogP) is 2.99. The molecule has 0 amide bonds. The Balaban J connectivity index is 3.08. The predicted molar refractivity (Wildman–Crippen MR) is 50.3 cm³/mol. The van der Waals surface area contributed by atoms with Gasteiger partial charge in [-0.05, 0) is 27.6 Å². The summed E-state index contributed by atoms with van der Waals surface area (Å²) in [7, 11) is 0. The van der Waals surface area contributed by atoms with E-state index in [0.29, 0.717) is 0 Å². The van der Waals surface area contributed by atoms with Crippen molar-refractivity contribution in [2.75, 3.05) is 0 Å². The van der Waals surface area contributed by atoms with E-state index in [1.807, 2.05) is 0 Å². The van der Waals surface area contributed by atoms with E-state index in [1.54, 1.807) is 0 Å². The third kappa shape index (κ3) is 2.52. The van der Waals surface area contributed by atoms with E-state index < -0.39 is 35.5 Å². The highest BCUT2D eigenvalue weighted by molar-refractivity contribution is 9.10. The smallest absolute Gasteiger partial charge is 0.374 e. The minimum absolute atomic E-state index is 0.215. The van der Waals surface area contributed by atoms with Crippen LogP contribution in [0.25, 0.3) is 0 Å². The number of alkyl halides is 2. The van der Waals surface area contributed by atoms with Gasteiger partial charge in [0.05, 0.1) is 10.9 Å². The Kier molecular flexibility index (Phi) is 3.57. The fourth-order valence-corrected chi connectivity index (χ4v) is 1.32. The van der Waals surface area contributed by atoms with Gasteiger partial charge in [-0.15, -0.1) is 0 Å². The van der Waals surface area contributed by atoms with Crippen molar-refractivity contribution in [1.82, 2.24) is 0 Å². The molecule has 0 atom stereocenters. The van der Waals surface area contributed by atoms with Gasteiger partial charge >= 0.3 is 11.9 Å². The van der Waals surface area contributed by atoms with Crippen molar-refractivity contribution < 1.29 is 27.5 Å². The van der Waals surface area contributed by atoms with Crippen LogP contribution in [0.5, 0.6) is 0 Å². The Morgan fingerprint density at radius 2 is 1.88 bits per heavy atom. The lowest BCUT2D eigenvalue weighted by molar-refractivity contribution is -0.164. The first-order valence-electron chi connectivity index (χ1n) is 3.99. The Labute approximate surface area is 96.0 Å². The van der Waals surface area contributed by atoms with Crippen molar-refractivity contribution in [2.24, 2.45) is 0 Å². The number of hydrogen-bond donors (Lipinski definition) is 1. The molecule has 0 saturated heterocycles. The lowest BCUT2D eigenvalue weighted by Gasteiger charge is -2.12. The third-order valence-electron chi connectivity index (χ3n) is 1.84. The summed E-state index contributed by atoms with van der Waals surface area (Å²) in [6.45, 7) is 0. The van der Waals surface area contributed by atoms with Crippen LogP contribution in [0.15, 0.2) is 16.6 Å². The van der Waals surface area contributed by atoms with Crippen LogP contribution in [-0.2, 0) is 11.2 Å². The van der Waals surface area contributed by atoms with Gasteiger partial charge in [0.15, 0.2) is 11.6 Å². The molecule has 0 radical (unpaired) electrons. The Bertz CT molecular complexity index is 434. The second-order valence-electron chi connectivity index (χ2n) is 3.02. The summed E-state index contributed by atoms with van der Waals surface area (Å²) in [5.41, 5.74) is -0.687. The molecule has 0 aliphatic heterocycles. The molecule has 2 nitrogen and oxygen atoms in total. The van der Waals surface area contributed by atoms with Crippen molar-refractivity contribution in [2.45, 2.75) is 12.3 Å². The summed E-state index contributed by atoms with van der Waals surface area (Å²) >= 11 is 2.67. The topological polar surface area (TPSA) is 37.3 Å². The van der Waals surface area contributed by atoms with Gasteiger partial charge < -0.3 is 5.11 Å². The molecule has 7 heteroatoms. The van der Waals surface area contributed by atoms with E-state index in [4.69, 9.17) is 5.11 Å². The zero-order valence-electron chi connectivity index (χ0n) is 7.61. The molecule has 16 heavy (non-hydrogen) atoms. The van der Waals surface area contributed by atoms with Crippen LogP contribution in [0.1, 0.15) is 5.56 Å². The summed E-state index contributed by atoms with van der Waals surface area (Å²) in [6, 6.07) is 1.94. The van der Waals surface area contributed by atoms with Gasteiger partial charge in [0.25, 0.3) is 0 Å². The molecular weight excluding hydrogens is 296 g/mol. The number of aliphatic carboxylic acids is 1. The molecular formula is C9H5BrF4O2. The Morgan fingerprint density at radius 3 is 2.38 bits per heavy atom. The Hall–Kier alpha value is -1.11. The third-order valence-corrected chi connectivity index (χ3v) is 2.45. The molecule has 0 aliphatic carbocycles. The van der Waals surface area contributed by atoms with Crippen LogP contribution in [0.2, 0.25) is 0 Å². The van der Waals surface area contributed by atoms with E-state index in [2.05, 4.69) is 15.9 Å². The van der Waals surface area contributed by atoms with Crippen LogP contribution < -0.4 is 0 Å². The molecule has 1 N–H and O–H groups in total. The molecule has 0 aliphatic rings. The highest BCUT2D eigenvalue weighted by Crippen LogP contribution is 2.26. The number of rotatable bonds is 3. The van der Waals surface area contributed by atoms with Crippen LogP contribution >= 0.6 is 15.9 Å². The highest BCUT2D eigenvalue weighted by Gasteiger charge is 2.39. The molecule has 0 unspecified atom stereocenters. The van der Waals surface area contributed by atoms with E-state index in [9.17, 15) is 22.4 Å². The largest absolute Gasteiger partial charge is 0.477 e. The minimum atomic E-state index is -4.12. The molecule has 1 rings (SSSR count). The maximum absolute atomic E-state index is 13.1. The van der Waals surface area contributed by atoms with Gasteiger partial charge in [0.1, 0.15) is 0 Å². The summed E-state index contributed by atoms with van der Waals surface area (Å²) in [6.07, 6.45) is -1.39. The maximum Gasteiger partial charge on any atom is 0.374 e. The van der Waals surface area contributed by atoms with Crippen molar-refractivity contribution in [3.63, 3.8) is 0 Å². The zero-order valence-corrected chi connectivity index (χ0v) is 9.19.